The molecule has 0 spiro atoms. The van der Waals surface area contributed by atoms with Crippen molar-refractivity contribution in [2.45, 2.75) is 18.3 Å². The maximum atomic E-state index is 10.2. The molecule has 5 heteroatoms. The maximum absolute atomic E-state index is 10.2. The highest BCUT2D eigenvalue weighted by Crippen LogP contribution is 2.13. The van der Waals surface area contributed by atoms with Crippen LogP contribution < -0.4 is 0 Å². The first-order chi connectivity index (χ1) is 4.63. The van der Waals surface area contributed by atoms with Crippen LogP contribution in [0.2, 0.25) is 0 Å². The van der Waals surface area contributed by atoms with E-state index in [-0.39, 0.29) is 6.61 Å². The minimum Gasteiger partial charge on any atom is -0.479 e. The van der Waals surface area contributed by atoms with Crippen molar-refractivity contribution in [1.82, 2.24) is 0 Å². The summed E-state index contributed by atoms with van der Waals surface area (Å²) in [5, 5.41) is 26.0. The molecule has 2 unspecified atom stereocenters. The van der Waals surface area contributed by atoms with Gasteiger partial charge in [0.2, 0.25) is 0 Å². The summed E-state index contributed by atoms with van der Waals surface area (Å²) >= 11 is 0. The van der Waals surface area contributed by atoms with Gasteiger partial charge in [-0.2, -0.15) is 0 Å². The second-order valence-electron chi connectivity index (χ2n) is 2.15. The quantitative estimate of drug-likeness (QED) is 0.408. The number of aliphatic hydroxyl groups is 2. The van der Waals surface area contributed by atoms with E-state index < -0.39 is 24.3 Å². The fourth-order valence-corrected chi connectivity index (χ4v) is 0.819. The van der Waals surface area contributed by atoms with Gasteiger partial charge in [0, 0.05) is 0 Å². The van der Waals surface area contributed by atoms with Gasteiger partial charge in [0.25, 0.3) is 0 Å². The minimum absolute atomic E-state index is 0.113. The summed E-state index contributed by atoms with van der Waals surface area (Å²) < 4.78 is 4.54. The second-order valence-corrected chi connectivity index (χ2v) is 2.15. The molecule has 58 valence electrons. The van der Waals surface area contributed by atoms with Gasteiger partial charge in [-0.25, -0.2) is 4.79 Å². The van der Waals surface area contributed by atoms with Gasteiger partial charge in [-0.1, -0.05) is 0 Å². The standard InChI is InChI=1S/C5H8O5/c6-2-1-10-4(3(2)7)5(8)9/h2-4,6-7H,1H2,(H,8,9)/t2?,3?,4-/m1/s1. The Morgan fingerprint density at radius 2 is 2.10 bits per heavy atom. The number of rotatable bonds is 1. The number of carboxylic acids is 1. The molecule has 3 N–H and O–H groups in total. The Morgan fingerprint density at radius 3 is 2.30 bits per heavy atom. The van der Waals surface area contributed by atoms with E-state index in [4.69, 9.17) is 15.3 Å². The lowest BCUT2D eigenvalue weighted by molar-refractivity contribution is -0.151. The van der Waals surface area contributed by atoms with Crippen molar-refractivity contribution < 1.29 is 24.9 Å². The van der Waals surface area contributed by atoms with Crippen LogP contribution in [0.1, 0.15) is 0 Å². The van der Waals surface area contributed by atoms with Crippen LogP contribution in [-0.2, 0) is 9.53 Å². The zero-order valence-electron chi connectivity index (χ0n) is 5.10. The Morgan fingerprint density at radius 1 is 1.50 bits per heavy atom. The number of ether oxygens (including phenoxy) is 1. The average Bonchev–Trinajstić information content (AvgIpc) is 2.14. The van der Waals surface area contributed by atoms with Gasteiger partial charge in [0.1, 0.15) is 12.2 Å². The van der Waals surface area contributed by atoms with E-state index in [1.165, 1.54) is 0 Å². The van der Waals surface area contributed by atoms with E-state index >= 15 is 0 Å². The van der Waals surface area contributed by atoms with Crippen LogP contribution in [0.25, 0.3) is 0 Å². The first kappa shape index (κ1) is 7.46. The molecule has 5 nitrogen and oxygen atoms in total. The van der Waals surface area contributed by atoms with Crippen molar-refractivity contribution in [3.05, 3.63) is 0 Å². The Balaban J connectivity index is 2.57. The van der Waals surface area contributed by atoms with Crippen LogP contribution >= 0.6 is 0 Å². The van der Waals surface area contributed by atoms with Crippen LogP contribution in [-0.4, -0.2) is 46.2 Å². The van der Waals surface area contributed by atoms with Crippen LogP contribution in [0, 0.1) is 0 Å². The van der Waals surface area contributed by atoms with Crippen molar-refractivity contribution >= 4 is 5.97 Å². The Bertz CT molecular complexity index is 145. The Hall–Kier alpha value is -0.650. The lowest BCUT2D eigenvalue weighted by atomic mass is 10.1. The van der Waals surface area contributed by atoms with E-state index in [1.807, 2.05) is 0 Å². The molecule has 0 aromatic heterocycles. The average molecular weight is 148 g/mol. The van der Waals surface area contributed by atoms with E-state index in [9.17, 15) is 4.79 Å². The fraction of sp³-hybridized carbons (Fsp3) is 0.800. The number of carboxylic acid groups (broad SMARTS) is 1. The molecule has 1 aliphatic heterocycles. The third-order valence-corrected chi connectivity index (χ3v) is 1.39. The molecule has 1 rings (SSSR count). The fourth-order valence-electron chi connectivity index (χ4n) is 0.819. The largest absolute Gasteiger partial charge is 0.479 e. The summed E-state index contributed by atoms with van der Waals surface area (Å²) in [6.07, 6.45) is -3.63. The highest BCUT2D eigenvalue weighted by atomic mass is 16.6. The van der Waals surface area contributed by atoms with E-state index in [2.05, 4.69) is 4.74 Å². The van der Waals surface area contributed by atoms with Crippen LogP contribution in [0.15, 0.2) is 0 Å². The number of hydrogen-bond acceptors (Lipinski definition) is 4. The molecule has 0 bridgehead atoms. The van der Waals surface area contributed by atoms with Crippen LogP contribution in [0.3, 0.4) is 0 Å². The van der Waals surface area contributed by atoms with Crippen molar-refractivity contribution in [3.8, 4) is 0 Å². The van der Waals surface area contributed by atoms with Gasteiger partial charge < -0.3 is 20.1 Å². The van der Waals surface area contributed by atoms with Crippen molar-refractivity contribution in [1.29, 1.82) is 0 Å². The number of aliphatic hydroxyl groups excluding tert-OH is 2. The van der Waals surface area contributed by atoms with Crippen LogP contribution in [0.4, 0.5) is 0 Å². The zero-order chi connectivity index (χ0) is 7.72. The first-order valence-electron chi connectivity index (χ1n) is 2.83. The molecule has 1 saturated heterocycles. The predicted octanol–water partition coefficient (Wildman–Crippen LogP) is -1.81. The molecule has 1 aliphatic rings. The molecule has 0 amide bonds. The maximum Gasteiger partial charge on any atom is 0.335 e. The molecule has 0 aliphatic carbocycles. The lowest BCUT2D eigenvalue weighted by Gasteiger charge is -2.08. The molecular weight excluding hydrogens is 140 g/mol. The molecule has 1 fully saturated rings. The monoisotopic (exact) mass is 148 g/mol. The molecule has 0 saturated carbocycles. The highest BCUT2D eigenvalue weighted by Gasteiger charge is 2.39. The summed E-state index contributed by atoms with van der Waals surface area (Å²) in [7, 11) is 0. The Kier molecular flexibility index (Phi) is 1.89. The summed E-state index contributed by atoms with van der Waals surface area (Å²) in [4.78, 5) is 10.2. The number of carbonyl (C=O) groups is 1. The molecule has 3 atom stereocenters. The minimum atomic E-state index is -1.29. The van der Waals surface area contributed by atoms with Gasteiger partial charge in [0.05, 0.1) is 6.61 Å². The van der Waals surface area contributed by atoms with Gasteiger partial charge in [0.15, 0.2) is 6.10 Å². The van der Waals surface area contributed by atoms with Crippen molar-refractivity contribution in [2.24, 2.45) is 0 Å². The predicted molar refractivity (Wildman–Crippen MR) is 29.4 cm³/mol. The van der Waals surface area contributed by atoms with Crippen molar-refractivity contribution in [2.75, 3.05) is 6.61 Å². The van der Waals surface area contributed by atoms with Gasteiger partial charge in [-0.05, 0) is 0 Å². The molecule has 1 heterocycles. The van der Waals surface area contributed by atoms with Gasteiger partial charge in [-0.3, -0.25) is 0 Å². The third kappa shape index (κ3) is 1.11. The zero-order valence-corrected chi connectivity index (χ0v) is 5.10. The second kappa shape index (κ2) is 2.53. The molecular formula is C5H8O5. The molecule has 0 radical (unpaired) electrons. The van der Waals surface area contributed by atoms with Crippen molar-refractivity contribution in [3.63, 3.8) is 0 Å². The smallest absolute Gasteiger partial charge is 0.335 e. The molecule has 0 aromatic rings. The molecule has 10 heavy (non-hydrogen) atoms. The molecule has 0 aromatic carbocycles. The third-order valence-electron chi connectivity index (χ3n) is 1.39. The van der Waals surface area contributed by atoms with E-state index in [1.54, 1.807) is 0 Å². The Labute approximate surface area is 56.9 Å². The first-order valence-corrected chi connectivity index (χ1v) is 2.83. The van der Waals surface area contributed by atoms with E-state index in [0.29, 0.717) is 0 Å². The SMILES string of the molecule is O=C(O)[C@@H]1OCC(O)C1O. The topological polar surface area (TPSA) is 87.0 Å². The summed E-state index contributed by atoms with van der Waals surface area (Å²) in [5.41, 5.74) is 0. The number of hydrogen-bond donors (Lipinski definition) is 3. The highest BCUT2D eigenvalue weighted by molar-refractivity contribution is 5.73. The van der Waals surface area contributed by atoms with Crippen LogP contribution in [0.5, 0.6) is 0 Å². The number of aliphatic carboxylic acids is 1. The summed E-state index contributed by atoms with van der Waals surface area (Å²) in [6.45, 7) is -0.113. The lowest BCUT2D eigenvalue weighted by Crippen LogP contribution is -2.35. The van der Waals surface area contributed by atoms with Gasteiger partial charge >= 0.3 is 5.97 Å². The normalized spacial score (nSPS) is 40.0. The van der Waals surface area contributed by atoms with E-state index in [0.717, 1.165) is 0 Å². The van der Waals surface area contributed by atoms with Gasteiger partial charge in [-0.15, -0.1) is 0 Å². The summed E-state index contributed by atoms with van der Waals surface area (Å²) in [5.74, 6) is -1.25. The summed E-state index contributed by atoms with van der Waals surface area (Å²) in [6, 6.07) is 0.